The van der Waals surface area contributed by atoms with Crippen LogP contribution in [0.4, 0.5) is 5.69 Å². The maximum atomic E-state index is 12.7. The number of carbonyl (C=O) groups excluding carboxylic acids is 1. The van der Waals surface area contributed by atoms with Crippen molar-refractivity contribution in [3.05, 3.63) is 29.3 Å². The Labute approximate surface area is 121 Å². The van der Waals surface area contributed by atoms with Crippen LogP contribution in [0.25, 0.3) is 0 Å². The van der Waals surface area contributed by atoms with Crippen molar-refractivity contribution < 1.29 is 9.53 Å². The number of ether oxygens (including phenoxy) is 1. The van der Waals surface area contributed by atoms with Gasteiger partial charge in [-0.1, -0.05) is 18.6 Å². The van der Waals surface area contributed by atoms with E-state index in [0.717, 1.165) is 29.8 Å². The summed E-state index contributed by atoms with van der Waals surface area (Å²) in [7, 11) is 3.57. The Hall–Kier alpha value is -1.55. The molecule has 1 heterocycles. The van der Waals surface area contributed by atoms with Crippen LogP contribution in [0.3, 0.4) is 0 Å². The fourth-order valence-corrected chi connectivity index (χ4v) is 2.75. The van der Waals surface area contributed by atoms with Crippen LogP contribution < -0.4 is 5.32 Å². The van der Waals surface area contributed by atoms with Crippen molar-refractivity contribution in [2.24, 2.45) is 5.92 Å². The van der Waals surface area contributed by atoms with Crippen LogP contribution in [0.2, 0.25) is 0 Å². The Bertz CT molecular complexity index is 487. The molecule has 0 aromatic heterocycles. The average molecular weight is 276 g/mol. The fourth-order valence-electron chi connectivity index (χ4n) is 2.75. The molecule has 1 fully saturated rings. The van der Waals surface area contributed by atoms with E-state index in [2.05, 4.69) is 12.2 Å². The number of benzene rings is 1. The van der Waals surface area contributed by atoms with E-state index in [-0.39, 0.29) is 12.0 Å². The van der Waals surface area contributed by atoms with Gasteiger partial charge in [0.05, 0.1) is 11.7 Å². The zero-order valence-corrected chi connectivity index (χ0v) is 12.8. The normalized spacial score (nSPS) is 22.7. The number of likely N-dealkylation sites (tertiary alicyclic amines) is 1. The minimum Gasteiger partial charge on any atom is -0.387 e. The number of nitrogens with one attached hydrogen (secondary N) is 1. The van der Waals surface area contributed by atoms with Gasteiger partial charge in [-0.2, -0.15) is 0 Å². The topological polar surface area (TPSA) is 41.6 Å². The second-order valence-corrected chi connectivity index (χ2v) is 5.59. The monoisotopic (exact) mass is 276 g/mol. The lowest BCUT2D eigenvalue weighted by atomic mass is 9.95. The molecule has 0 bridgehead atoms. The van der Waals surface area contributed by atoms with E-state index in [1.165, 1.54) is 0 Å². The Morgan fingerprint density at radius 1 is 1.45 bits per heavy atom. The van der Waals surface area contributed by atoms with Gasteiger partial charge >= 0.3 is 0 Å². The van der Waals surface area contributed by atoms with Gasteiger partial charge in [0, 0.05) is 32.9 Å². The second kappa shape index (κ2) is 6.27. The number of hydrogen-bond acceptors (Lipinski definition) is 3. The van der Waals surface area contributed by atoms with Crippen molar-refractivity contribution in [3.63, 3.8) is 0 Å². The number of methoxy groups -OCH3 is 1. The Balaban J connectivity index is 2.21. The van der Waals surface area contributed by atoms with Gasteiger partial charge in [-0.25, -0.2) is 0 Å². The molecule has 0 spiro atoms. The van der Waals surface area contributed by atoms with E-state index >= 15 is 0 Å². The molecular weight excluding hydrogens is 252 g/mol. The van der Waals surface area contributed by atoms with Gasteiger partial charge in [-0.15, -0.1) is 0 Å². The van der Waals surface area contributed by atoms with Gasteiger partial charge in [0.15, 0.2) is 0 Å². The standard InChI is InChI=1S/C16H24N2O2/c1-11-5-6-14(17-3)13(9-11)16(19)18-8-7-12(2)15(10-18)20-4/h5-6,9,12,15,17H,7-8,10H2,1-4H3. The molecule has 0 radical (unpaired) electrons. The number of anilines is 1. The van der Waals surface area contributed by atoms with Gasteiger partial charge < -0.3 is 15.0 Å². The molecule has 1 N–H and O–H groups in total. The average Bonchev–Trinajstić information content (AvgIpc) is 2.47. The molecule has 1 aromatic carbocycles. The predicted molar refractivity (Wildman–Crippen MR) is 81.2 cm³/mol. The van der Waals surface area contributed by atoms with Crippen LogP contribution in [-0.4, -0.2) is 44.2 Å². The van der Waals surface area contributed by atoms with Crippen molar-refractivity contribution in [1.82, 2.24) is 4.90 Å². The third-order valence-corrected chi connectivity index (χ3v) is 4.15. The Kier molecular flexibility index (Phi) is 4.65. The summed E-state index contributed by atoms with van der Waals surface area (Å²) in [6, 6.07) is 5.93. The van der Waals surface area contributed by atoms with Crippen LogP contribution in [0.1, 0.15) is 29.3 Å². The van der Waals surface area contributed by atoms with Gasteiger partial charge in [0.1, 0.15) is 0 Å². The van der Waals surface area contributed by atoms with E-state index in [0.29, 0.717) is 12.5 Å². The molecule has 1 saturated heterocycles. The molecule has 1 aromatic rings. The smallest absolute Gasteiger partial charge is 0.256 e. The summed E-state index contributed by atoms with van der Waals surface area (Å²) in [6.45, 7) is 5.67. The lowest BCUT2D eigenvalue weighted by Gasteiger charge is -2.36. The van der Waals surface area contributed by atoms with Crippen LogP contribution in [-0.2, 0) is 4.74 Å². The summed E-state index contributed by atoms with van der Waals surface area (Å²) in [4.78, 5) is 14.6. The summed E-state index contributed by atoms with van der Waals surface area (Å²) in [5, 5.41) is 3.10. The summed E-state index contributed by atoms with van der Waals surface area (Å²) in [5.74, 6) is 0.595. The Morgan fingerprint density at radius 3 is 2.85 bits per heavy atom. The third-order valence-electron chi connectivity index (χ3n) is 4.15. The van der Waals surface area contributed by atoms with Gasteiger partial charge in [0.25, 0.3) is 5.91 Å². The first-order valence-electron chi connectivity index (χ1n) is 7.17. The molecule has 4 heteroatoms. The predicted octanol–water partition coefficient (Wildman–Crippen LogP) is 2.53. The van der Waals surface area contributed by atoms with Crippen molar-refractivity contribution in [3.8, 4) is 0 Å². The highest BCUT2D eigenvalue weighted by molar-refractivity contribution is 5.99. The van der Waals surface area contributed by atoms with E-state index in [1.54, 1.807) is 7.11 Å². The van der Waals surface area contributed by atoms with Crippen molar-refractivity contribution in [2.75, 3.05) is 32.6 Å². The first kappa shape index (κ1) is 14.9. The van der Waals surface area contributed by atoms with Crippen LogP contribution in [0.5, 0.6) is 0 Å². The van der Waals surface area contributed by atoms with Crippen LogP contribution in [0.15, 0.2) is 18.2 Å². The number of amides is 1. The molecule has 2 unspecified atom stereocenters. The quantitative estimate of drug-likeness (QED) is 0.922. The zero-order valence-electron chi connectivity index (χ0n) is 12.8. The largest absolute Gasteiger partial charge is 0.387 e. The molecule has 110 valence electrons. The highest BCUT2D eigenvalue weighted by atomic mass is 16.5. The number of hydrogen-bond donors (Lipinski definition) is 1. The molecule has 0 saturated carbocycles. The highest BCUT2D eigenvalue weighted by Gasteiger charge is 2.30. The molecular formula is C16H24N2O2. The first-order chi connectivity index (χ1) is 9.56. The van der Waals surface area contributed by atoms with Crippen molar-refractivity contribution in [2.45, 2.75) is 26.4 Å². The summed E-state index contributed by atoms with van der Waals surface area (Å²) >= 11 is 0. The maximum absolute atomic E-state index is 12.7. The molecule has 2 rings (SSSR count). The summed E-state index contributed by atoms with van der Waals surface area (Å²) in [5.41, 5.74) is 2.73. The Morgan fingerprint density at radius 2 is 2.20 bits per heavy atom. The van der Waals surface area contributed by atoms with Gasteiger partial charge in [0.2, 0.25) is 0 Å². The van der Waals surface area contributed by atoms with E-state index in [1.807, 2.05) is 37.1 Å². The van der Waals surface area contributed by atoms with Gasteiger partial charge in [-0.05, 0) is 31.4 Å². The van der Waals surface area contributed by atoms with E-state index in [9.17, 15) is 4.79 Å². The van der Waals surface area contributed by atoms with E-state index in [4.69, 9.17) is 4.74 Å². The SMILES string of the molecule is CNc1ccc(C)cc1C(=O)N1CCC(C)C(OC)C1. The van der Waals surface area contributed by atoms with Crippen molar-refractivity contribution >= 4 is 11.6 Å². The van der Waals surface area contributed by atoms with Crippen molar-refractivity contribution in [1.29, 1.82) is 0 Å². The molecule has 1 amide bonds. The molecule has 4 nitrogen and oxygen atoms in total. The minimum atomic E-state index is 0.0898. The van der Waals surface area contributed by atoms with Crippen LogP contribution in [0, 0.1) is 12.8 Å². The second-order valence-electron chi connectivity index (χ2n) is 5.59. The highest BCUT2D eigenvalue weighted by Crippen LogP contribution is 2.24. The molecule has 20 heavy (non-hydrogen) atoms. The number of carbonyl (C=O) groups is 1. The molecule has 0 aliphatic carbocycles. The van der Waals surface area contributed by atoms with Crippen LogP contribution >= 0.6 is 0 Å². The number of nitrogens with zero attached hydrogens (tertiary/aromatic N) is 1. The van der Waals surface area contributed by atoms with E-state index < -0.39 is 0 Å². The maximum Gasteiger partial charge on any atom is 0.256 e. The zero-order chi connectivity index (χ0) is 14.7. The lowest BCUT2D eigenvalue weighted by Crippen LogP contribution is -2.46. The summed E-state index contributed by atoms with van der Waals surface area (Å²) < 4.78 is 5.49. The molecule has 1 aliphatic rings. The lowest BCUT2D eigenvalue weighted by molar-refractivity contribution is -0.00153. The number of piperidine rings is 1. The fraction of sp³-hybridized carbons (Fsp3) is 0.562. The number of aryl methyl sites for hydroxylation is 1. The number of rotatable bonds is 3. The first-order valence-corrected chi connectivity index (χ1v) is 7.17. The molecule has 1 aliphatic heterocycles. The summed E-state index contributed by atoms with van der Waals surface area (Å²) in [6.07, 6.45) is 1.13. The third kappa shape index (κ3) is 2.96. The van der Waals surface area contributed by atoms with Gasteiger partial charge in [-0.3, -0.25) is 4.79 Å². The molecule has 2 atom stereocenters. The minimum absolute atomic E-state index is 0.0898.